The van der Waals surface area contributed by atoms with Crippen molar-refractivity contribution < 1.29 is 19.1 Å². The van der Waals surface area contributed by atoms with E-state index < -0.39 is 4.92 Å². The first-order valence-electron chi connectivity index (χ1n) is 7.00. The van der Waals surface area contributed by atoms with Crippen molar-refractivity contribution >= 4 is 11.5 Å². The topological polar surface area (TPSA) is 101 Å². The third-order valence-corrected chi connectivity index (χ3v) is 3.38. The van der Waals surface area contributed by atoms with Gasteiger partial charge in [-0.15, -0.1) is 0 Å². The van der Waals surface area contributed by atoms with Gasteiger partial charge in [0.1, 0.15) is 18.1 Å². The zero-order valence-corrected chi connectivity index (χ0v) is 12.7. The largest absolute Gasteiger partial charge is 0.492 e. The molecule has 9 heteroatoms. The van der Waals surface area contributed by atoms with Crippen molar-refractivity contribution in [1.82, 2.24) is 9.78 Å². The maximum atomic E-state index is 11.1. The number of nitro groups is 1. The second-order valence-corrected chi connectivity index (χ2v) is 4.95. The molecule has 23 heavy (non-hydrogen) atoms. The standard InChI is InChI=1S/C14H16N4O5/c1-9-13(18(19)20)14(17(2)16-9)15-5-6-21-10-3-4-11-12(7-10)23-8-22-11/h3-4,7,15H,5-6,8H2,1-2H3. The van der Waals surface area contributed by atoms with Crippen molar-refractivity contribution in [3.8, 4) is 17.2 Å². The fraction of sp³-hybridized carbons (Fsp3) is 0.357. The van der Waals surface area contributed by atoms with Crippen LogP contribution < -0.4 is 19.5 Å². The molecule has 0 saturated carbocycles. The maximum absolute atomic E-state index is 11.1. The number of aryl methyl sites for hydroxylation is 2. The summed E-state index contributed by atoms with van der Waals surface area (Å²) in [5.74, 6) is 2.35. The van der Waals surface area contributed by atoms with Gasteiger partial charge in [-0.25, -0.2) is 4.68 Å². The molecular formula is C14H16N4O5. The molecule has 2 heterocycles. The Kier molecular flexibility index (Phi) is 3.92. The lowest BCUT2D eigenvalue weighted by atomic mass is 10.3. The summed E-state index contributed by atoms with van der Waals surface area (Å²) in [4.78, 5) is 10.6. The minimum Gasteiger partial charge on any atom is -0.492 e. The zero-order valence-electron chi connectivity index (χ0n) is 12.7. The Balaban J connectivity index is 1.57. The predicted octanol–water partition coefficient (Wildman–Crippen LogP) is 1.86. The van der Waals surface area contributed by atoms with Gasteiger partial charge in [0.15, 0.2) is 11.5 Å². The summed E-state index contributed by atoms with van der Waals surface area (Å²) in [5.41, 5.74) is 0.354. The Bertz CT molecular complexity index is 743. The number of benzene rings is 1. The van der Waals surface area contributed by atoms with E-state index in [1.165, 1.54) is 4.68 Å². The van der Waals surface area contributed by atoms with Gasteiger partial charge in [-0.3, -0.25) is 10.1 Å². The summed E-state index contributed by atoms with van der Waals surface area (Å²) >= 11 is 0. The van der Waals surface area contributed by atoms with Crippen LogP contribution in [0.2, 0.25) is 0 Å². The van der Waals surface area contributed by atoms with Crippen LogP contribution in [0.5, 0.6) is 17.2 Å². The van der Waals surface area contributed by atoms with Crippen LogP contribution >= 0.6 is 0 Å². The lowest BCUT2D eigenvalue weighted by molar-refractivity contribution is -0.384. The fourth-order valence-electron chi connectivity index (χ4n) is 2.37. The molecule has 0 aliphatic carbocycles. The number of hydrogen-bond donors (Lipinski definition) is 1. The van der Waals surface area contributed by atoms with E-state index in [9.17, 15) is 10.1 Å². The van der Waals surface area contributed by atoms with Crippen molar-refractivity contribution in [1.29, 1.82) is 0 Å². The number of rotatable bonds is 6. The van der Waals surface area contributed by atoms with Gasteiger partial charge in [0, 0.05) is 13.1 Å². The Labute approximate surface area is 131 Å². The Morgan fingerprint density at radius 1 is 1.43 bits per heavy atom. The quantitative estimate of drug-likeness (QED) is 0.492. The molecule has 0 radical (unpaired) electrons. The van der Waals surface area contributed by atoms with E-state index in [1.54, 1.807) is 32.2 Å². The van der Waals surface area contributed by atoms with Crippen LogP contribution in [0.1, 0.15) is 5.69 Å². The van der Waals surface area contributed by atoms with Crippen molar-refractivity contribution in [2.24, 2.45) is 7.05 Å². The van der Waals surface area contributed by atoms with Crippen LogP contribution in [0.4, 0.5) is 11.5 Å². The van der Waals surface area contributed by atoms with E-state index >= 15 is 0 Å². The van der Waals surface area contributed by atoms with Crippen molar-refractivity contribution in [3.63, 3.8) is 0 Å². The average Bonchev–Trinajstić information content (AvgIpc) is 3.07. The third kappa shape index (κ3) is 2.98. The molecule has 1 aromatic carbocycles. The Morgan fingerprint density at radius 3 is 3.00 bits per heavy atom. The fourth-order valence-corrected chi connectivity index (χ4v) is 2.37. The molecule has 1 aliphatic rings. The zero-order chi connectivity index (χ0) is 16.4. The highest BCUT2D eigenvalue weighted by molar-refractivity contribution is 5.59. The lowest BCUT2D eigenvalue weighted by Crippen LogP contribution is -2.14. The molecule has 3 rings (SSSR count). The van der Waals surface area contributed by atoms with Crippen LogP contribution in [0, 0.1) is 17.0 Å². The molecular weight excluding hydrogens is 304 g/mol. The summed E-state index contributed by atoms with van der Waals surface area (Å²) in [6.45, 7) is 2.55. The van der Waals surface area contributed by atoms with Crippen molar-refractivity contribution in [2.45, 2.75) is 6.92 Å². The number of aromatic nitrogens is 2. The van der Waals surface area contributed by atoms with Crippen LogP contribution in [-0.2, 0) is 7.05 Å². The van der Waals surface area contributed by atoms with Crippen LogP contribution in [-0.4, -0.2) is 34.6 Å². The molecule has 0 saturated heterocycles. The number of nitrogens with zero attached hydrogens (tertiary/aromatic N) is 3. The average molecular weight is 320 g/mol. The first kappa shape index (κ1) is 14.9. The summed E-state index contributed by atoms with van der Waals surface area (Å²) in [6.07, 6.45) is 0. The van der Waals surface area contributed by atoms with Gasteiger partial charge in [0.05, 0.1) is 11.5 Å². The first-order chi connectivity index (χ1) is 11.1. The highest BCUT2D eigenvalue weighted by Crippen LogP contribution is 2.35. The Morgan fingerprint density at radius 2 is 2.22 bits per heavy atom. The van der Waals surface area contributed by atoms with Gasteiger partial charge in [0.25, 0.3) is 0 Å². The molecule has 0 atom stereocenters. The van der Waals surface area contributed by atoms with E-state index in [1.807, 2.05) is 0 Å². The second-order valence-electron chi connectivity index (χ2n) is 4.95. The van der Waals surface area contributed by atoms with Crippen molar-refractivity contribution in [3.05, 3.63) is 34.0 Å². The van der Waals surface area contributed by atoms with Gasteiger partial charge >= 0.3 is 5.69 Å². The smallest absolute Gasteiger partial charge is 0.333 e. The van der Waals surface area contributed by atoms with Gasteiger partial charge in [-0.2, -0.15) is 5.10 Å². The molecule has 1 aliphatic heterocycles. The highest BCUT2D eigenvalue weighted by atomic mass is 16.7. The summed E-state index contributed by atoms with van der Waals surface area (Å²) in [5, 5.41) is 18.1. The van der Waals surface area contributed by atoms with Gasteiger partial charge < -0.3 is 19.5 Å². The molecule has 0 spiro atoms. The van der Waals surface area contributed by atoms with Gasteiger partial charge in [0.2, 0.25) is 12.6 Å². The normalized spacial score (nSPS) is 12.3. The van der Waals surface area contributed by atoms with E-state index in [4.69, 9.17) is 14.2 Å². The minimum absolute atomic E-state index is 0.0180. The summed E-state index contributed by atoms with van der Waals surface area (Å²) in [6, 6.07) is 5.31. The molecule has 2 aromatic rings. The van der Waals surface area contributed by atoms with E-state index in [0.29, 0.717) is 41.9 Å². The van der Waals surface area contributed by atoms with E-state index in [2.05, 4.69) is 10.4 Å². The highest BCUT2D eigenvalue weighted by Gasteiger charge is 2.23. The Hall–Kier alpha value is -2.97. The summed E-state index contributed by atoms with van der Waals surface area (Å²) < 4.78 is 17.6. The number of hydrogen-bond acceptors (Lipinski definition) is 7. The monoisotopic (exact) mass is 320 g/mol. The SMILES string of the molecule is Cc1nn(C)c(NCCOc2ccc3c(c2)OCO3)c1[N+](=O)[O-]. The van der Waals surface area contributed by atoms with Crippen LogP contribution in [0.25, 0.3) is 0 Å². The number of ether oxygens (including phenoxy) is 3. The second kappa shape index (κ2) is 6.03. The predicted molar refractivity (Wildman–Crippen MR) is 81.1 cm³/mol. The van der Waals surface area contributed by atoms with Crippen LogP contribution in [0.3, 0.4) is 0 Å². The maximum Gasteiger partial charge on any atom is 0.333 e. The number of anilines is 1. The van der Waals surface area contributed by atoms with E-state index in [0.717, 1.165) is 0 Å². The molecule has 1 N–H and O–H groups in total. The third-order valence-electron chi connectivity index (χ3n) is 3.38. The first-order valence-corrected chi connectivity index (χ1v) is 7.00. The molecule has 0 unspecified atom stereocenters. The molecule has 9 nitrogen and oxygen atoms in total. The molecule has 1 aromatic heterocycles. The minimum atomic E-state index is -0.441. The van der Waals surface area contributed by atoms with Gasteiger partial charge in [-0.05, 0) is 19.1 Å². The molecule has 0 fully saturated rings. The number of fused-ring (bicyclic) bond motifs is 1. The molecule has 0 amide bonds. The number of nitrogens with one attached hydrogen (secondary N) is 1. The van der Waals surface area contributed by atoms with E-state index in [-0.39, 0.29) is 12.5 Å². The van der Waals surface area contributed by atoms with Crippen LogP contribution in [0.15, 0.2) is 18.2 Å². The molecule has 0 bridgehead atoms. The lowest BCUT2D eigenvalue weighted by Gasteiger charge is -2.09. The van der Waals surface area contributed by atoms with Gasteiger partial charge in [-0.1, -0.05) is 0 Å². The molecule has 122 valence electrons. The van der Waals surface area contributed by atoms with Crippen molar-refractivity contribution in [2.75, 3.05) is 25.3 Å². The summed E-state index contributed by atoms with van der Waals surface area (Å²) in [7, 11) is 1.65.